The molecule has 4 nitrogen and oxygen atoms in total. The summed E-state index contributed by atoms with van der Waals surface area (Å²) in [6.07, 6.45) is 2.79. The second-order valence-corrected chi connectivity index (χ2v) is 6.01. The monoisotopic (exact) mass is 288 g/mol. The van der Waals surface area contributed by atoms with Gasteiger partial charge in [0.15, 0.2) is 6.10 Å². The van der Waals surface area contributed by atoms with Gasteiger partial charge in [0.05, 0.1) is 0 Å². The Morgan fingerprint density at radius 3 is 3.00 bits per heavy atom. The van der Waals surface area contributed by atoms with Gasteiger partial charge in [0.2, 0.25) is 0 Å². The highest BCUT2D eigenvalue weighted by atomic mass is 16.5. The number of benzene rings is 1. The maximum absolute atomic E-state index is 12.7. The van der Waals surface area contributed by atoms with Gasteiger partial charge in [0, 0.05) is 19.5 Å². The van der Waals surface area contributed by atoms with Gasteiger partial charge in [-0.2, -0.15) is 0 Å². The molecule has 114 valence electrons. The first-order chi connectivity index (χ1) is 10.3. The lowest BCUT2D eigenvalue weighted by Gasteiger charge is -2.30. The highest BCUT2D eigenvalue weighted by molar-refractivity contribution is 5.82. The van der Waals surface area contributed by atoms with Crippen molar-refractivity contribution in [1.82, 2.24) is 10.2 Å². The number of nitrogens with zero attached hydrogens (tertiary/aromatic N) is 1. The van der Waals surface area contributed by atoms with Crippen molar-refractivity contribution >= 4 is 5.91 Å². The van der Waals surface area contributed by atoms with E-state index in [2.05, 4.69) is 12.2 Å². The van der Waals surface area contributed by atoms with Crippen LogP contribution < -0.4 is 10.1 Å². The molecular formula is C17H24N2O2. The Morgan fingerprint density at radius 1 is 1.43 bits per heavy atom. The molecule has 1 amide bonds. The van der Waals surface area contributed by atoms with E-state index in [9.17, 15) is 4.79 Å². The van der Waals surface area contributed by atoms with Crippen LogP contribution in [0.15, 0.2) is 24.3 Å². The van der Waals surface area contributed by atoms with E-state index in [4.69, 9.17) is 4.74 Å². The summed E-state index contributed by atoms with van der Waals surface area (Å²) in [5.74, 6) is 1.58. The van der Waals surface area contributed by atoms with Gasteiger partial charge in [0.25, 0.3) is 5.91 Å². The van der Waals surface area contributed by atoms with Crippen molar-refractivity contribution in [2.24, 2.45) is 5.92 Å². The molecule has 0 aromatic heterocycles. The number of carbonyl (C=O) groups excluding carboxylic acids is 1. The molecular weight excluding hydrogens is 264 g/mol. The van der Waals surface area contributed by atoms with Crippen LogP contribution in [0.2, 0.25) is 0 Å². The van der Waals surface area contributed by atoms with Crippen molar-refractivity contribution in [3.8, 4) is 5.75 Å². The lowest BCUT2D eigenvalue weighted by molar-refractivity contribution is -0.138. The van der Waals surface area contributed by atoms with Gasteiger partial charge in [-0.15, -0.1) is 0 Å². The summed E-state index contributed by atoms with van der Waals surface area (Å²) in [5.41, 5.74) is 1.14. The van der Waals surface area contributed by atoms with Gasteiger partial charge >= 0.3 is 0 Å². The maximum Gasteiger partial charge on any atom is 0.263 e. The van der Waals surface area contributed by atoms with Crippen molar-refractivity contribution in [1.29, 1.82) is 0 Å². The minimum Gasteiger partial charge on any atom is -0.480 e. The molecule has 1 saturated heterocycles. The van der Waals surface area contributed by atoms with Crippen molar-refractivity contribution in [3.05, 3.63) is 29.8 Å². The summed E-state index contributed by atoms with van der Waals surface area (Å²) in [7, 11) is 0. The Balaban J connectivity index is 1.61. The number of rotatable bonds is 4. The minimum atomic E-state index is -0.334. The molecule has 3 rings (SSSR count). The molecule has 0 aliphatic carbocycles. The number of nitrogens with one attached hydrogen (secondary N) is 1. The smallest absolute Gasteiger partial charge is 0.263 e. The zero-order valence-electron chi connectivity index (χ0n) is 12.7. The lowest BCUT2D eigenvalue weighted by atomic mass is 9.98. The lowest BCUT2D eigenvalue weighted by Crippen LogP contribution is -2.46. The van der Waals surface area contributed by atoms with Gasteiger partial charge in [-0.25, -0.2) is 0 Å². The highest BCUT2D eigenvalue weighted by Crippen LogP contribution is 2.29. The van der Waals surface area contributed by atoms with Gasteiger partial charge < -0.3 is 15.0 Å². The second kappa shape index (κ2) is 6.48. The molecule has 1 aromatic carbocycles. The van der Waals surface area contributed by atoms with E-state index in [1.54, 1.807) is 0 Å². The molecule has 1 N–H and O–H groups in total. The number of piperidine rings is 1. The fourth-order valence-corrected chi connectivity index (χ4v) is 3.29. The predicted octanol–water partition coefficient (Wildman–Crippen LogP) is 1.84. The van der Waals surface area contributed by atoms with E-state index in [-0.39, 0.29) is 12.0 Å². The van der Waals surface area contributed by atoms with Crippen molar-refractivity contribution in [2.45, 2.75) is 32.3 Å². The molecule has 2 aliphatic heterocycles. The van der Waals surface area contributed by atoms with Crippen LogP contribution in [-0.2, 0) is 11.2 Å². The number of likely N-dealkylation sites (N-methyl/N-ethyl adjacent to an activating group) is 1. The molecule has 4 heteroatoms. The molecule has 0 saturated carbocycles. The number of ether oxygens (including phenoxy) is 1. The van der Waals surface area contributed by atoms with Crippen molar-refractivity contribution in [2.75, 3.05) is 26.2 Å². The largest absolute Gasteiger partial charge is 0.480 e. The fraction of sp³-hybridized carbons (Fsp3) is 0.588. The summed E-state index contributed by atoms with van der Waals surface area (Å²) in [5, 5.41) is 3.42. The van der Waals surface area contributed by atoms with Crippen LogP contribution in [0.1, 0.15) is 25.3 Å². The minimum absolute atomic E-state index is 0.138. The molecule has 1 aromatic rings. The third-order valence-corrected chi connectivity index (χ3v) is 4.49. The van der Waals surface area contributed by atoms with E-state index in [1.165, 1.54) is 12.8 Å². The molecule has 1 fully saturated rings. The van der Waals surface area contributed by atoms with E-state index in [1.807, 2.05) is 29.2 Å². The summed E-state index contributed by atoms with van der Waals surface area (Å²) in [6.45, 7) is 5.79. The topological polar surface area (TPSA) is 41.6 Å². The Morgan fingerprint density at radius 2 is 2.29 bits per heavy atom. The average molecular weight is 288 g/mol. The summed E-state index contributed by atoms with van der Waals surface area (Å²) >= 11 is 0. The van der Waals surface area contributed by atoms with E-state index in [0.29, 0.717) is 12.3 Å². The first-order valence-corrected chi connectivity index (χ1v) is 8.02. The molecule has 2 aliphatic rings. The predicted molar refractivity (Wildman–Crippen MR) is 82.4 cm³/mol. The van der Waals surface area contributed by atoms with Gasteiger partial charge in [-0.05, 0) is 50.4 Å². The zero-order valence-corrected chi connectivity index (χ0v) is 12.7. The molecule has 21 heavy (non-hydrogen) atoms. The number of para-hydroxylation sites is 1. The van der Waals surface area contributed by atoms with Crippen molar-refractivity contribution < 1.29 is 9.53 Å². The number of fused-ring (bicyclic) bond motifs is 1. The number of hydrogen-bond donors (Lipinski definition) is 1. The Hall–Kier alpha value is -1.55. The van der Waals surface area contributed by atoms with Crippen LogP contribution in [0.5, 0.6) is 5.75 Å². The Bertz CT molecular complexity index is 472. The van der Waals surface area contributed by atoms with Gasteiger partial charge in [0.1, 0.15) is 5.75 Å². The zero-order chi connectivity index (χ0) is 14.7. The van der Waals surface area contributed by atoms with Crippen LogP contribution in [0.25, 0.3) is 0 Å². The van der Waals surface area contributed by atoms with Crippen LogP contribution in [0.3, 0.4) is 0 Å². The number of amides is 1. The fourth-order valence-electron chi connectivity index (χ4n) is 3.29. The Kier molecular flexibility index (Phi) is 4.44. The molecule has 2 unspecified atom stereocenters. The number of carbonyl (C=O) groups is 1. The third-order valence-electron chi connectivity index (χ3n) is 4.49. The molecule has 0 radical (unpaired) electrons. The average Bonchev–Trinajstić information content (AvgIpc) is 2.97. The summed E-state index contributed by atoms with van der Waals surface area (Å²) in [4.78, 5) is 14.7. The quantitative estimate of drug-likeness (QED) is 0.919. The van der Waals surface area contributed by atoms with Crippen LogP contribution in [0, 0.1) is 5.92 Å². The molecule has 2 heterocycles. The van der Waals surface area contributed by atoms with E-state index < -0.39 is 0 Å². The first kappa shape index (κ1) is 14.4. The Labute approximate surface area is 126 Å². The van der Waals surface area contributed by atoms with Crippen molar-refractivity contribution in [3.63, 3.8) is 0 Å². The molecule has 0 spiro atoms. The summed E-state index contributed by atoms with van der Waals surface area (Å²) in [6, 6.07) is 7.95. The first-order valence-electron chi connectivity index (χ1n) is 8.02. The maximum atomic E-state index is 12.7. The SMILES string of the molecule is CCN(CC1CCCNC1)C(=O)C1Cc2ccccc2O1. The van der Waals surface area contributed by atoms with Gasteiger partial charge in [-0.3, -0.25) is 4.79 Å². The van der Waals surface area contributed by atoms with Gasteiger partial charge in [-0.1, -0.05) is 18.2 Å². The summed E-state index contributed by atoms with van der Waals surface area (Å²) < 4.78 is 5.83. The van der Waals surface area contributed by atoms with E-state index >= 15 is 0 Å². The van der Waals surface area contributed by atoms with Crippen LogP contribution in [-0.4, -0.2) is 43.1 Å². The normalized spacial score (nSPS) is 24.2. The third kappa shape index (κ3) is 3.21. The highest BCUT2D eigenvalue weighted by Gasteiger charge is 2.32. The molecule has 2 atom stereocenters. The van der Waals surface area contributed by atoms with E-state index in [0.717, 1.165) is 37.5 Å². The standard InChI is InChI=1S/C17H24N2O2/c1-2-19(12-13-6-5-9-18-11-13)17(20)16-10-14-7-3-4-8-15(14)21-16/h3-4,7-8,13,16,18H,2,5-6,9-12H2,1H3. The molecule has 0 bridgehead atoms. The number of hydrogen-bond acceptors (Lipinski definition) is 3. The second-order valence-electron chi connectivity index (χ2n) is 6.01. The van der Waals surface area contributed by atoms with Crippen LogP contribution in [0.4, 0.5) is 0 Å². The van der Waals surface area contributed by atoms with Crippen LogP contribution >= 0.6 is 0 Å².